The van der Waals surface area contributed by atoms with Crippen LogP contribution in [0.1, 0.15) is 28.8 Å². The first kappa shape index (κ1) is 14.5. The molecular weight excluding hydrogens is 270 g/mol. The molecular formula is C16H21NO4. The Balaban J connectivity index is 1.65. The number of carboxylic acid groups (broad SMARTS) is 1. The highest BCUT2D eigenvalue weighted by atomic mass is 16.4. The van der Waals surface area contributed by atoms with Crippen molar-refractivity contribution in [2.45, 2.75) is 31.6 Å². The van der Waals surface area contributed by atoms with E-state index in [4.69, 9.17) is 5.11 Å². The number of carbonyl (C=O) groups is 1. The molecule has 1 aromatic carbocycles. The second-order valence-corrected chi connectivity index (χ2v) is 6.33. The normalized spacial score (nSPS) is 32.9. The molecule has 114 valence electrons. The SMILES string of the molecule is O=C(O)c1cccc(CN2C[C@H]3C[C@H](O)[C@H](O)C[C@H]3C2)c1. The zero-order chi connectivity index (χ0) is 15.0. The molecule has 2 fully saturated rings. The monoisotopic (exact) mass is 291 g/mol. The zero-order valence-corrected chi connectivity index (χ0v) is 11.9. The van der Waals surface area contributed by atoms with E-state index in [9.17, 15) is 15.0 Å². The van der Waals surface area contributed by atoms with E-state index in [2.05, 4.69) is 4.90 Å². The summed E-state index contributed by atoms with van der Waals surface area (Å²) >= 11 is 0. The van der Waals surface area contributed by atoms with Gasteiger partial charge in [-0.2, -0.15) is 0 Å². The van der Waals surface area contributed by atoms with E-state index in [1.54, 1.807) is 18.2 Å². The van der Waals surface area contributed by atoms with Crippen LogP contribution in [0.25, 0.3) is 0 Å². The average Bonchev–Trinajstić information content (AvgIpc) is 2.80. The molecule has 1 aliphatic carbocycles. The summed E-state index contributed by atoms with van der Waals surface area (Å²) in [5, 5.41) is 28.6. The summed E-state index contributed by atoms with van der Waals surface area (Å²) in [7, 11) is 0. The Hall–Kier alpha value is -1.43. The minimum absolute atomic E-state index is 0.315. The van der Waals surface area contributed by atoms with E-state index in [-0.39, 0.29) is 0 Å². The fourth-order valence-corrected chi connectivity index (χ4v) is 3.69. The number of rotatable bonds is 3. The van der Waals surface area contributed by atoms with Crippen molar-refractivity contribution >= 4 is 5.97 Å². The molecule has 5 heteroatoms. The van der Waals surface area contributed by atoms with E-state index < -0.39 is 18.2 Å². The van der Waals surface area contributed by atoms with E-state index in [0.29, 0.717) is 30.2 Å². The summed E-state index contributed by atoms with van der Waals surface area (Å²) in [5.74, 6) is -0.0321. The first-order valence-corrected chi connectivity index (χ1v) is 7.43. The Morgan fingerprint density at radius 3 is 2.33 bits per heavy atom. The maximum Gasteiger partial charge on any atom is 0.335 e. The van der Waals surface area contributed by atoms with Crippen LogP contribution in [0.2, 0.25) is 0 Å². The van der Waals surface area contributed by atoms with Gasteiger partial charge in [0.15, 0.2) is 0 Å². The maximum atomic E-state index is 11.0. The van der Waals surface area contributed by atoms with Gasteiger partial charge in [0.25, 0.3) is 0 Å². The largest absolute Gasteiger partial charge is 0.478 e. The molecule has 1 saturated carbocycles. The third kappa shape index (κ3) is 3.10. The van der Waals surface area contributed by atoms with Crippen LogP contribution >= 0.6 is 0 Å². The molecule has 1 saturated heterocycles. The number of benzene rings is 1. The molecule has 21 heavy (non-hydrogen) atoms. The predicted octanol–water partition coefficient (Wildman–Crippen LogP) is 0.948. The Bertz CT molecular complexity index is 515. The highest BCUT2D eigenvalue weighted by Gasteiger charge is 2.40. The molecule has 1 aliphatic heterocycles. The van der Waals surface area contributed by atoms with Crippen LogP contribution in [0.3, 0.4) is 0 Å². The van der Waals surface area contributed by atoms with E-state index in [0.717, 1.165) is 25.2 Å². The lowest BCUT2D eigenvalue weighted by atomic mass is 9.79. The number of aromatic carboxylic acids is 1. The zero-order valence-electron chi connectivity index (χ0n) is 11.9. The molecule has 0 amide bonds. The Morgan fingerprint density at radius 2 is 1.76 bits per heavy atom. The average molecular weight is 291 g/mol. The second kappa shape index (κ2) is 5.75. The molecule has 1 aromatic rings. The molecule has 2 aliphatic rings. The van der Waals surface area contributed by atoms with Crippen molar-refractivity contribution in [1.82, 2.24) is 4.90 Å². The third-order valence-electron chi connectivity index (χ3n) is 4.76. The molecule has 3 N–H and O–H groups in total. The molecule has 0 bridgehead atoms. The van der Waals surface area contributed by atoms with Crippen LogP contribution in [0.15, 0.2) is 24.3 Å². The van der Waals surface area contributed by atoms with Gasteiger partial charge in [0, 0.05) is 19.6 Å². The van der Waals surface area contributed by atoms with Crippen molar-refractivity contribution in [2.75, 3.05) is 13.1 Å². The fraction of sp³-hybridized carbons (Fsp3) is 0.562. The fourth-order valence-electron chi connectivity index (χ4n) is 3.69. The van der Waals surface area contributed by atoms with Gasteiger partial charge >= 0.3 is 5.97 Å². The van der Waals surface area contributed by atoms with Crippen molar-refractivity contribution in [2.24, 2.45) is 11.8 Å². The number of likely N-dealkylation sites (tertiary alicyclic amines) is 1. The van der Waals surface area contributed by atoms with Crippen LogP contribution in [-0.2, 0) is 6.54 Å². The van der Waals surface area contributed by atoms with Crippen molar-refractivity contribution in [3.05, 3.63) is 35.4 Å². The van der Waals surface area contributed by atoms with Crippen molar-refractivity contribution < 1.29 is 20.1 Å². The van der Waals surface area contributed by atoms with Gasteiger partial charge in [0.05, 0.1) is 17.8 Å². The van der Waals surface area contributed by atoms with Gasteiger partial charge in [-0.25, -0.2) is 4.79 Å². The van der Waals surface area contributed by atoms with Crippen LogP contribution in [0.4, 0.5) is 0 Å². The summed E-state index contributed by atoms with van der Waals surface area (Å²) in [4.78, 5) is 13.3. The molecule has 3 rings (SSSR count). The highest BCUT2D eigenvalue weighted by molar-refractivity contribution is 5.87. The molecule has 1 heterocycles. The van der Waals surface area contributed by atoms with Gasteiger partial charge < -0.3 is 15.3 Å². The number of carboxylic acids is 1. The van der Waals surface area contributed by atoms with Crippen molar-refractivity contribution in [3.63, 3.8) is 0 Å². The Morgan fingerprint density at radius 1 is 1.14 bits per heavy atom. The quantitative estimate of drug-likeness (QED) is 0.772. The van der Waals surface area contributed by atoms with Gasteiger partial charge in [-0.1, -0.05) is 12.1 Å². The summed E-state index contributed by atoms with van der Waals surface area (Å²) in [6, 6.07) is 7.03. The molecule has 0 unspecified atom stereocenters. The number of hydrogen-bond donors (Lipinski definition) is 3. The first-order valence-electron chi connectivity index (χ1n) is 7.43. The van der Waals surface area contributed by atoms with Crippen molar-refractivity contribution in [3.8, 4) is 0 Å². The predicted molar refractivity (Wildman–Crippen MR) is 76.9 cm³/mol. The first-order chi connectivity index (χ1) is 10.0. The molecule has 0 radical (unpaired) electrons. The summed E-state index contributed by atoms with van der Waals surface area (Å²) in [6.07, 6.45) is 0.137. The lowest BCUT2D eigenvalue weighted by Gasteiger charge is -2.32. The van der Waals surface area contributed by atoms with Gasteiger partial charge in [-0.05, 0) is 42.4 Å². The number of fused-ring (bicyclic) bond motifs is 1. The van der Waals surface area contributed by atoms with Gasteiger partial charge in [-0.3, -0.25) is 4.90 Å². The lowest BCUT2D eigenvalue weighted by molar-refractivity contribution is -0.0372. The molecule has 4 atom stereocenters. The smallest absolute Gasteiger partial charge is 0.335 e. The summed E-state index contributed by atoms with van der Waals surface area (Å²) < 4.78 is 0. The van der Waals surface area contributed by atoms with Crippen LogP contribution in [-0.4, -0.2) is 51.5 Å². The van der Waals surface area contributed by atoms with E-state index >= 15 is 0 Å². The lowest BCUT2D eigenvalue weighted by Crippen LogP contribution is -2.38. The van der Waals surface area contributed by atoms with Gasteiger partial charge in [-0.15, -0.1) is 0 Å². The van der Waals surface area contributed by atoms with Crippen LogP contribution in [0.5, 0.6) is 0 Å². The van der Waals surface area contributed by atoms with Crippen LogP contribution in [0, 0.1) is 11.8 Å². The number of nitrogens with zero attached hydrogens (tertiary/aromatic N) is 1. The third-order valence-corrected chi connectivity index (χ3v) is 4.76. The molecule has 0 spiro atoms. The minimum atomic E-state index is -0.904. The molecule has 0 aromatic heterocycles. The Kier molecular flexibility index (Phi) is 3.97. The standard InChI is InChI=1S/C16H21NO4/c18-14-5-12-8-17(9-13(12)6-15(14)19)7-10-2-1-3-11(4-10)16(20)21/h1-4,12-15,18-19H,5-9H2,(H,20,21)/t12-,13+,14+,15-. The summed E-state index contributed by atoms with van der Waals surface area (Å²) in [5.41, 5.74) is 1.31. The second-order valence-electron chi connectivity index (χ2n) is 6.33. The summed E-state index contributed by atoms with van der Waals surface area (Å²) in [6.45, 7) is 2.54. The number of hydrogen-bond acceptors (Lipinski definition) is 4. The highest BCUT2D eigenvalue weighted by Crippen LogP contribution is 2.37. The van der Waals surface area contributed by atoms with Crippen molar-refractivity contribution in [1.29, 1.82) is 0 Å². The molecule has 5 nitrogen and oxygen atoms in total. The minimum Gasteiger partial charge on any atom is -0.478 e. The Labute approximate surface area is 123 Å². The van der Waals surface area contributed by atoms with Gasteiger partial charge in [0.1, 0.15) is 0 Å². The topological polar surface area (TPSA) is 81.0 Å². The van der Waals surface area contributed by atoms with E-state index in [1.165, 1.54) is 0 Å². The maximum absolute atomic E-state index is 11.0. The number of aliphatic hydroxyl groups is 2. The number of aliphatic hydroxyl groups excluding tert-OH is 2. The van der Waals surface area contributed by atoms with Gasteiger partial charge in [0.2, 0.25) is 0 Å². The van der Waals surface area contributed by atoms with Crippen LogP contribution < -0.4 is 0 Å². The van der Waals surface area contributed by atoms with E-state index in [1.807, 2.05) is 6.07 Å².